The minimum atomic E-state index is 0.0366. The number of amides is 1. The molecule has 0 aliphatic carbocycles. The molecule has 0 aliphatic heterocycles. The van der Waals surface area contributed by atoms with Crippen LogP contribution in [-0.2, 0) is 6.42 Å². The third-order valence-corrected chi connectivity index (χ3v) is 4.27. The average Bonchev–Trinajstić information content (AvgIpc) is 3.10. The summed E-state index contributed by atoms with van der Waals surface area (Å²) in [6.07, 6.45) is 6.34. The summed E-state index contributed by atoms with van der Waals surface area (Å²) in [5.41, 5.74) is 2.60. The van der Waals surface area contributed by atoms with Gasteiger partial charge in [-0.2, -0.15) is 0 Å². The van der Waals surface area contributed by atoms with E-state index in [2.05, 4.69) is 22.0 Å². The van der Waals surface area contributed by atoms with Crippen LogP contribution < -0.4 is 0 Å². The maximum Gasteiger partial charge on any atom is 0.257 e. The summed E-state index contributed by atoms with van der Waals surface area (Å²) in [4.78, 5) is 21.5. The fourth-order valence-electron chi connectivity index (χ4n) is 2.83. The van der Waals surface area contributed by atoms with Gasteiger partial charge in [-0.15, -0.1) is 0 Å². The second-order valence-corrected chi connectivity index (χ2v) is 6.41. The van der Waals surface area contributed by atoms with E-state index in [1.165, 1.54) is 5.56 Å². The van der Waals surface area contributed by atoms with Gasteiger partial charge in [0.25, 0.3) is 5.91 Å². The lowest BCUT2D eigenvalue weighted by Crippen LogP contribution is -2.38. The van der Waals surface area contributed by atoms with Crippen LogP contribution in [0.4, 0.5) is 0 Å². The maximum absolute atomic E-state index is 13.1. The van der Waals surface area contributed by atoms with Gasteiger partial charge in [0, 0.05) is 38.2 Å². The van der Waals surface area contributed by atoms with Crippen LogP contribution in [0.3, 0.4) is 0 Å². The van der Waals surface area contributed by atoms with Crippen molar-refractivity contribution in [3.63, 3.8) is 0 Å². The first-order valence-electron chi connectivity index (χ1n) is 8.55. The van der Waals surface area contributed by atoms with Gasteiger partial charge in [0.2, 0.25) is 0 Å². The number of benzene rings is 1. The van der Waals surface area contributed by atoms with Crippen LogP contribution in [0.25, 0.3) is 5.65 Å². The first-order chi connectivity index (χ1) is 12.1. The minimum Gasteiger partial charge on any atom is -0.337 e. The first-order valence-corrected chi connectivity index (χ1v) is 8.55. The maximum atomic E-state index is 13.1. The van der Waals surface area contributed by atoms with E-state index in [0.717, 1.165) is 13.0 Å². The van der Waals surface area contributed by atoms with Crippen molar-refractivity contribution in [1.29, 1.82) is 0 Å². The van der Waals surface area contributed by atoms with Crippen molar-refractivity contribution in [2.45, 2.75) is 6.42 Å². The smallest absolute Gasteiger partial charge is 0.257 e. The van der Waals surface area contributed by atoms with E-state index in [9.17, 15) is 4.79 Å². The summed E-state index contributed by atoms with van der Waals surface area (Å²) in [5, 5.41) is 0. The van der Waals surface area contributed by atoms with Crippen LogP contribution in [0.2, 0.25) is 0 Å². The molecule has 3 rings (SSSR count). The largest absolute Gasteiger partial charge is 0.337 e. The first kappa shape index (κ1) is 17.2. The number of carbonyl (C=O) groups excluding carboxylic acids is 1. The van der Waals surface area contributed by atoms with Gasteiger partial charge in [-0.3, -0.25) is 4.79 Å². The molecular weight excluding hydrogens is 312 g/mol. The summed E-state index contributed by atoms with van der Waals surface area (Å²) in [5.74, 6) is 0.0366. The summed E-state index contributed by atoms with van der Waals surface area (Å²) in [6.45, 7) is 2.22. The lowest BCUT2D eigenvalue weighted by molar-refractivity contribution is 0.0748. The van der Waals surface area contributed by atoms with E-state index < -0.39 is 0 Å². The van der Waals surface area contributed by atoms with Gasteiger partial charge in [0.15, 0.2) is 0 Å². The molecule has 0 N–H and O–H groups in total. The Kier molecular flexibility index (Phi) is 5.46. The lowest BCUT2D eigenvalue weighted by Gasteiger charge is -2.25. The number of rotatable bonds is 7. The molecule has 1 aromatic carbocycles. The Bertz CT molecular complexity index is 826. The third kappa shape index (κ3) is 4.25. The zero-order valence-corrected chi connectivity index (χ0v) is 14.8. The number of fused-ring (bicyclic) bond motifs is 1. The molecule has 5 heteroatoms. The van der Waals surface area contributed by atoms with Gasteiger partial charge in [-0.1, -0.05) is 30.3 Å². The molecule has 0 saturated carbocycles. The van der Waals surface area contributed by atoms with E-state index >= 15 is 0 Å². The van der Waals surface area contributed by atoms with Crippen molar-refractivity contribution < 1.29 is 4.79 Å². The van der Waals surface area contributed by atoms with E-state index in [1.807, 2.05) is 66.1 Å². The molecule has 0 radical (unpaired) electrons. The van der Waals surface area contributed by atoms with E-state index in [1.54, 1.807) is 6.20 Å². The minimum absolute atomic E-state index is 0.0366. The van der Waals surface area contributed by atoms with Crippen LogP contribution in [0, 0.1) is 0 Å². The van der Waals surface area contributed by atoms with E-state index in [0.29, 0.717) is 24.3 Å². The molecule has 0 bridgehead atoms. The number of likely N-dealkylation sites (N-methyl/N-ethyl adjacent to an activating group) is 1. The van der Waals surface area contributed by atoms with Gasteiger partial charge in [-0.05, 0) is 38.2 Å². The van der Waals surface area contributed by atoms with Crippen LogP contribution in [-0.4, -0.2) is 58.8 Å². The Morgan fingerprint density at radius 2 is 1.80 bits per heavy atom. The molecule has 0 saturated heterocycles. The van der Waals surface area contributed by atoms with Gasteiger partial charge in [0.1, 0.15) is 5.65 Å². The highest BCUT2D eigenvalue weighted by Gasteiger charge is 2.19. The predicted octanol–water partition coefficient (Wildman–Crippen LogP) is 2.58. The number of imidazole rings is 1. The Morgan fingerprint density at radius 1 is 1.00 bits per heavy atom. The molecule has 2 heterocycles. The number of hydrogen-bond donors (Lipinski definition) is 0. The highest BCUT2D eigenvalue weighted by atomic mass is 16.2. The lowest BCUT2D eigenvalue weighted by atomic mass is 10.1. The normalized spacial score (nSPS) is 11.2. The molecule has 0 fully saturated rings. The van der Waals surface area contributed by atoms with Gasteiger partial charge in [-0.25, -0.2) is 4.98 Å². The van der Waals surface area contributed by atoms with Crippen LogP contribution in [0.15, 0.2) is 61.1 Å². The van der Waals surface area contributed by atoms with Crippen molar-refractivity contribution in [3.8, 4) is 0 Å². The molecule has 2 aromatic heterocycles. The molecule has 3 aromatic rings. The number of hydrogen-bond acceptors (Lipinski definition) is 3. The average molecular weight is 336 g/mol. The Morgan fingerprint density at radius 3 is 2.56 bits per heavy atom. The number of carbonyl (C=O) groups is 1. The molecule has 1 amide bonds. The summed E-state index contributed by atoms with van der Waals surface area (Å²) >= 11 is 0. The Balaban J connectivity index is 1.80. The van der Waals surface area contributed by atoms with E-state index in [-0.39, 0.29) is 5.91 Å². The molecule has 25 heavy (non-hydrogen) atoms. The topological polar surface area (TPSA) is 40.9 Å². The van der Waals surface area contributed by atoms with Crippen LogP contribution in [0.1, 0.15) is 15.9 Å². The monoisotopic (exact) mass is 336 g/mol. The van der Waals surface area contributed by atoms with Crippen molar-refractivity contribution in [1.82, 2.24) is 19.2 Å². The molecule has 0 atom stereocenters. The molecular formula is C20H24N4O. The standard InChI is InChI=1S/C20H24N4O/c1-22(2)15-16-24(13-10-17-7-4-3-5-8-17)20(25)18-9-6-12-23-14-11-21-19(18)23/h3-9,11-12,14H,10,13,15-16H2,1-2H3. The highest BCUT2D eigenvalue weighted by molar-refractivity contribution is 5.99. The van der Waals surface area contributed by atoms with Crippen LogP contribution >= 0.6 is 0 Å². The van der Waals surface area contributed by atoms with Crippen LogP contribution in [0.5, 0.6) is 0 Å². The second-order valence-electron chi connectivity index (χ2n) is 6.41. The number of pyridine rings is 1. The Labute approximate surface area is 148 Å². The SMILES string of the molecule is CN(C)CCN(CCc1ccccc1)C(=O)c1cccn2ccnc12. The van der Waals surface area contributed by atoms with Gasteiger partial charge in [0.05, 0.1) is 5.56 Å². The molecule has 5 nitrogen and oxygen atoms in total. The second kappa shape index (κ2) is 7.94. The quantitative estimate of drug-likeness (QED) is 0.666. The van der Waals surface area contributed by atoms with Gasteiger partial charge < -0.3 is 14.2 Å². The fourth-order valence-corrected chi connectivity index (χ4v) is 2.83. The molecule has 0 spiro atoms. The molecule has 130 valence electrons. The summed E-state index contributed by atoms with van der Waals surface area (Å²) < 4.78 is 1.88. The fraction of sp³-hybridized carbons (Fsp3) is 0.300. The highest BCUT2D eigenvalue weighted by Crippen LogP contribution is 2.13. The summed E-state index contributed by atoms with van der Waals surface area (Å²) in [6, 6.07) is 14.0. The Hall–Kier alpha value is -2.66. The van der Waals surface area contributed by atoms with Gasteiger partial charge >= 0.3 is 0 Å². The zero-order valence-electron chi connectivity index (χ0n) is 14.8. The summed E-state index contributed by atoms with van der Waals surface area (Å²) in [7, 11) is 4.05. The van der Waals surface area contributed by atoms with Crippen molar-refractivity contribution in [2.24, 2.45) is 0 Å². The number of nitrogens with zero attached hydrogens (tertiary/aromatic N) is 4. The predicted molar refractivity (Wildman–Crippen MR) is 99.8 cm³/mol. The molecule has 0 aliphatic rings. The van der Waals surface area contributed by atoms with Crippen molar-refractivity contribution in [3.05, 3.63) is 72.2 Å². The van der Waals surface area contributed by atoms with Crippen molar-refractivity contribution >= 4 is 11.6 Å². The third-order valence-electron chi connectivity index (χ3n) is 4.27. The number of aromatic nitrogens is 2. The van der Waals surface area contributed by atoms with E-state index in [4.69, 9.17) is 0 Å². The zero-order chi connectivity index (χ0) is 17.6. The van der Waals surface area contributed by atoms with Crippen molar-refractivity contribution in [2.75, 3.05) is 33.7 Å². The molecule has 0 unspecified atom stereocenters.